The fourth-order valence-corrected chi connectivity index (χ4v) is 5.04. The van der Waals surface area contributed by atoms with Crippen LogP contribution >= 0.6 is 11.3 Å². The van der Waals surface area contributed by atoms with Gasteiger partial charge in [-0.15, -0.1) is 11.3 Å². The van der Waals surface area contributed by atoms with Crippen LogP contribution in [0.2, 0.25) is 0 Å². The molecule has 162 valence electrons. The Hall–Kier alpha value is -2.42. The van der Waals surface area contributed by atoms with E-state index < -0.39 is 11.6 Å². The number of hydrogen-bond donors (Lipinski definition) is 2. The number of amides is 5. The maximum Gasteiger partial charge on any atom is 0.325 e. The molecule has 30 heavy (non-hydrogen) atoms. The molecule has 3 heterocycles. The second-order valence-corrected chi connectivity index (χ2v) is 9.61. The number of thiophene rings is 1. The molecule has 3 fully saturated rings. The predicted octanol–water partition coefficient (Wildman–Crippen LogP) is 1.37. The highest BCUT2D eigenvalue weighted by Gasteiger charge is 2.56. The van der Waals surface area contributed by atoms with Crippen molar-refractivity contribution in [3.05, 3.63) is 22.4 Å². The van der Waals surface area contributed by atoms with Crippen molar-refractivity contribution in [2.45, 2.75) is 44.6 Å². The Balaban J connectivity index is 1.22. The topological polar surface area (TPSA) is 98.8 Å². The molecule has 0 bridgehead atoms. The van der Waals surface area contributed by atoms with Gasteiger partial charge in [-0.25, -0.2) is 4.79 Å². The Kier molecular flexibility index (Phi) is 5.81. The Morgan fingerprint density at radius 3 is 2.60 bits per heavy atom. The summed E-state index contributed by atoms with van der Waals surface area (Å²) >= 11 is 1.68. The summed E-state index contributed by atoms with van der Waals surface area (Å²) in [7, 11) is 0. The summed E-state index contributed by atoms with van der Waals surface area (Å²) in [5.74, 6) is -0.443. The van der Waals surface area contributed by atoms with E-state index in [0.29, 0.717) is 32.5 Å². The van der Waals surface area contributed by atoms with Crippen LogP contribution in [0.5, 0.6) is 0 Å². The van der Waals surface area contributed by atoms with Crippen molar-refractivity contribution in [2.24, 2.45) is 11.8 Å². The van der Waals surface area contributed by atoms with Crippen molar-refractivity contribution >= 4 is 35.1 Å². The van der Waals surface area contributed by atoms with Crippen LogP contribution in [0.4, 0.5) is 4.79 Å². The van der Waals surface area contributed by atoms with Gasteiger partial charge in [-0.1, -0.05) is 6.07 Å². The normalized spacial score (nSPS) is 24.8. The number of hydrogen-bond acceptors (Lipinski definition) is 5. The minimum Gasteiger partial charge on any atom is -0.355 e. The molecule has 2 N–H and O–H groups in total. The first-order chi connectivity index (χ1) is 14.4. The Bertz CT molecular complexity index is 830. The van der Waals surface area contributed by atoms with Crippen LogP contribution in [0.3, 0.4) is 0 Å². The zero-order valence-corrected chi connectivity index (χ0v) is 18.0. The number of nitrogens with zero attached hydrogens (tertiary/aromatic N) is 2. The van der Waals surface area contributed by atoms with Crippen molar-refractivity contribution in [2.75, 3.05) is 26.2 Å². The smallest absolute Gasteiger partial charge is 0.325 e. The van der Waals surface area contributed by atoms with E-state index in [2.05, 4.69) is 16.7 Å². The standard InChI is InChI=1S/C21H28N4O4S/c1-21(15-4-5-15)19(28)25(20(29)23-21)13-17(26)24-10-7-14(8-11-24)18(27)22-9-6-16-3-2-12-30-16/h2-3,12,14-15H,4-11,13H2,1H3,(H,22,27)(H,23,29). The molecule has 1 unspecified atom stereocenters. The molecule has 2 saturated heterocycles. The van der Waals surface area contributed by atoms with E-state index in [1.54, 1.807) is 23.2 Å². The zero-order valence-electron chi connectivity index (χ0n) is 17.2. The Morgan fingerprint density at radius 2 is 1.97 bits per heavy atom. The van der Waals surface area contributed by atoms with Gasteiger partial charge in [-0.2, -0.15) is 0 Å². The highest BCUT2D eigenvalue weighted by molar-refractivity contribution is 7.09. The summed E-state index contributed by atoms with van der Waals surface area (Å²) < 4.78 is 0. The first kappa shape index (κ1) is 20.8. The quantitative estimate of drug-likeness (QED) is 0.636. The molecule has 1 aliphatic carbocycles. The molecule has 3 aliphatic rings. The van der Waals surface area contributed by atoms with Crippen molar-refractivity contribution in [1.82, 2.24) is 20.4 Å². The maximum absolute atomic E-state index is 12.7. The fraction of sp³-hybridized carbons (Fsp3) is 0.619. The van der Waals surface area contributed by atoms with Gasteiger partial charge < -0.3 is 15.5 Å². The Labute approximate surface area is 180 Å². The van der Waals surface area contributed by atoms with Gasteiger partial charge in [0.2, 0.25) is 11.8 Å². The van der Waals surface area contributed by atoms with Crippen molar-refractivity contribution in [1.29, 1.82) is 0 Å². The molecule has 5 amide bonds. The molecule has 4 rings (SSSR count). The molecule has 1 atom stereocenters. The second-order valence-electron chi connectivity index (χ2n) is 8.57. The Morgan fingerprint density at radius 1 is 1.23 bits per heavy atom. The monoisotopic (exact) mass is 432 g/mol. The number of carbonyl (C=O) groups excluding carboxylic acids is 4. The van der Waals surface area contributed by atoms with Crippen molar-refractivity contribution < 1.29 is 19.2 Å². The lowest BCUT2D eigenvalue weighted by atomic mass is 9.95. The van der Waals surface area contributed by atoms with Crippen LogP contribution in [0.15, 0.2) is 17.5 Å². The van der Waals surface area contributed by atoms with E-state index in [-0.39, 0.29) is 36.1 Å². The lowest BCUT2D eigenvalue weighted by molar-refractivity contribution is -0.140. The van der Waals surface area contributed by atoms with Gasteiger partial charge in [0, 0.05) is 30.4 Å². The molecule has 1 saturated carbocycles. The molecule has 1 aromatic heterocycles. The first-order valence-corrected chi connectivity index (χ1v) is 11.5. The summed E-state index contributed by atoms with van der Waals surface area (Å²) in [6.45, 7) is 3.06. The minimum absolute atomic E-state index is 0.0351. The summed E-state index contributed by atoms with van der Waals surface area (Å²) in [6, 6.07) is 3.57. The van der Waals surface area contributed by atoms with Crippen LogP contribution in [0.25, 0.3) is 0 Å². The first-order valence-electron chi connectivity index (χ1n) is 10.6. The third-order valence-corrected chi connectivity index (χ3v) is 7.39. The molecule has 9 heteroatoms. The molecular formula is C21H28N4O4S. The number of carbonyl (C=O) groups is 4. The van der Waals surface area contributed by atoms with Crippen LogP contribution in [-0.4, -0.2) is 65.3 Å². The summed E-state index contributed by atoms with van der Waals surface area (Å²) in [5, 5.41) is 7.78. The van der Waals surface area contributed by atoms with Gasteiger partial charge >= 0.3 is 6.03 Å². The fourth-order valence-electron chi connectivity index (χ4n) is 4.33. The summed E-state index contributed by atoms with van der Waals surface area (Å²) in [5.41, 5.74) is -0.869. The zero-order chi connectivity index (χ0) is 21.3. The van der Waals surface area contributed by atoms with Gasteiger partial charge in [0.05, 0.1) is 0 Å². The van der Waals surface area contributed by atoms with Gasteiger partial charge in [0.1, 0.15) is 12.1 Å². The number of rotatable bonds is 7. The molecular weight excluding hydrogens is 404 g/mol. The van der Waals surface area contributed by atoms with Crippen LogP contribution in [0, 0.1) is 11.8 Å². The summed E-state index contributed by atoms with van der Waals surface area (Å²) in [4.78, 5) is 53.9. The van der Waals surface area contributed by atoms with Gasteiger partial charge in [0.25, 0.3) is 5.91 Å². The third kappa shape index (κ3) is 4.21. The summed E-state index contributed by atoms with van der Waals surface area (Å²) in [6.07, 6.45) is 3.86. The third-order valence-electron chi connectivity index (χ3n) is 6.46. The number of nitrogens with one attached hydrogen (secondary N) is 2. The van der Waals surface area contributed by atoms with Gasteiger partial charge in [0.15, 0.2) is 0 Å². The maximum atomic E-state index is 12.7. The lowest BCUT2D eigenvalue weighted by Gasteiger charge is -2.32. The number of urea groups is 1. The number of likely N-dealkylation sites (tertiary alicyclic amines) is 1. The molecule has 0 radical (unpaired) electrons. The predicted molar refractivity (Wildman–Crippen MR) is 112 cm³/mol. The van der Waals surface area contributed by atoms with Gasteiger partial charge in [-0.05, 0) is 56.4 Å². The minimum atomic E-state index is -0.869. The number of piperidine rings is 1. The average Bonchev–Trinajstić information content (AvgIpc) is 3.43. The highest BCUT2D eigenvalue weighted by Crippen LogP contribution is 2.42. The van der Waals surface area contributed by atoms with E-state index in [9.17, 15) is 19.2 Å². The molecule has 2 aliphatic heterocycles. The van der Waals surface area contributed by atoms with E-state index in [0.717, 1.165) is 24.2 Å². The highest BCUT2D eigenvalue weighted by atomic mass is 32.1. The number of imide groups is 1. The molecule has 0 spiro atoms. The molecule has 8 nitrogen and oxygen atoms in total. The van der Waals surface area contributed by atoms with E-state index in [1.165, 1.54) is 4.88 Å². The van der Waals surface area contributed by atoms with E-state index in [1.807, 2.05) is 11.4 Å². The SMILES string of the molecule is CC1(C2CC2)NC(=O)N(CC(=O)N2CCC(C(=O)NCCc3cccs3)CC2)C1=O. The second kappa shape index (κ2) is 8.37. The molecule has 1 aromatic rings. The van der Waals surface area contributed by atoms with Crippen LogP contribution < -0.4 is 10.6 Å². The van der Waals surface area contributed by atoms with Crippen molar-refractivity contribution in [3.63, 3.8) is 0 Å². The van der Waals surface area contributed by atoms with E-state index >= 15 is 0 Å². The van der Waals surface area contributed by atoms with Crippen molar-refractivity contribution in [3.8, 4) is 0 Å². The van der Waals surface area contributed by atoms with Crippen LogP contribution in [-0.2, 0) is 20.8 Å². The average molecular weight is 433 g/mol. The van der Waals surface area contributed by atoms with Crippen LogP contribution in [0.1, 0.15) is 37.5 Å². The largest absolute Gasteiger partial charge is 0.355 e. The van der Waals surface area contributed by atoms with Gasteiger partial charge in [-0.3, -0.25) is 19.3 Å². The van der Waals surface area contributed by atoms with E-state index in [4.69, 9.17) is 0 Å². The lowest BCUT2D eigenvalue weighted by Crippen LogP contribution is -2.49. The molecule has 0 aromatic carbocycles.